The Labute approximate surface area is 109 Å². The Morgan fingerprint density at radius 3 is 2.84 bits per heavy atom. The Morgan fingerprint density at radius 2 is 2.11 bits per heavy atom. The third-order valence-electron chi connectivity index (χ3n) is 2.92. The molecule has 3 aromatic rings. The van der Waals surface area contributed by atoms with Crippen LogP contribution in [0.4, 0.5) is 0 Å². The lowest BCUT2D eigenvalue weighted by Crippen LogP contribution is -2.04. The first-order chi connectivity index (χ1) is 9.31. The number of H-pyrrole nitrogens is 1. The normalized spacial score (nSPS) is 10.6. The number of rotatable bonds is 2. The summed E-state index contributed by atoms with van der Waals surface area (Å²) in [6, 6.07) is 7.55. The molecule has 0 fully saturated rings. The first-order valence-electron chi connectivity index (χ1n) is 5.77. The Kier molecular flexibility index (Phi) is 2.72. The van der Waals surface area contributed by atoms with Gasteiger partial charge < -0.3 is 9.72 Å². The van der Waals surface area contributed by atoms with Gasteiger partial charge >= 0.3 is 5.97 Å². The predicted molar refractivity (Wildman–Crippen MR) is 70.7 cm³/mol. The van der Waals surface area contributed by atoms with E-state index in [2.05, 4.69) is 15.0 Å². The van der Waals surface area contributed by atoms with Gasteiger partial charge in [-0.15, -0.1) is 0 Å². The van der Waals surface area contributed by atoms with Crippen molar-refractivity contribution in [2.24, 2.45) is 0 Å². The summed E-state index contributed by atoms with van der Waals surface area (Å²) < 4.78 is 4.72. The minimum atomic E-state index is -0.458. The molecule has 1 N–H and O–H groups in total. The van der Waals surface area contributed by atoms with Gasteiger partial charge in [0.25, 0.3) is 0 Å². The van der Waals surface area contributed by atoms with Gasteiger partial charge in [-0.2, -0.15) is 0 Å². The van der Waals surface area contributed by atoms with Crippen LogP contribution in [0, 0.1) is 0 Å². The van der Waals surface area contributed by atoms with Gasteiger partial charge in [-0.3, -0.25) is 4.98 Å². The second-order valence-electron chi connectivity index (χ2n) is 3.99. The van der Waals surface area contributed by atoms with Crippen LogP contribution in [-0.2, 0) is 4.74 Å². The molecule has 5 nitrogen and oxygen atoms in total. The summed E-state index contributed by atoms with van der Waals surface area (Å²) in [6.07, 6.45) is 5.15. The van der Waals surface area contributed by atoms with E-state index in [-0.39, 0.29) is 5.69 Å². The Balaban J connectivity index is 2.23. The topological polar surface area (TPSA) is 67.9 Å². The quantitative estimate of drug-likeness (QED) is 0.712. The van der Waals surface area contributed by atoms with Gasteiger partial charge in [-0.05, 0) is 18.2 Å². The lowest BCUT2D eigenvalue weighted by Gasteiger charge is -2.01. The van der Waals surface area contributed by atoms with Crippen molar-refractivity contribution < 1.29 is 9.53 Å². The average molecular weight is 253 g/mol. The molecule has 3 aromatic heterocycles. The van der Waals surface area contributed by atoms with Crippen LogP contribution >= 0.6 is 0 Å². The Hall–Kier alpha value is -2.69. The molecule has 19 heavy (non-hydrogen) atoms. The van der Waals surface area contributed by atoms with E-state index in [1.165, 1.54) is 7.11 Å². The molecule has 0 aromatic carbocycles. The lowest BCUT2D eigenvalue weighted by molar-refractivity contribution is 0.0596. The minimum absolute atomic E-state index is 0.280. The van der Waals surface area contributed by atoms with Crippen LogP contribution in [0.5, 0.6) is 0 Å². The summed E-state index contributed by atoms with van der Waals surface area (Å²) in [5.41, 5.74) is 2.72. The van der Waals surface area contributed by atoms with Crippen molar-refractivity contribution in [3.05, 3.63) is 48.5 Å². The highest BCUT2D eigenvalue weighted by Gasteiger charge is 2.16. The van der Waals surface area contributed by atoms with E-state index < -0.39 is 5.97 Å². The molecule has 0 saturated carbocycles. The number of carbonyl (C=O) groups excluding carboxylic acids is 1. The van der Waals surface area contributed by atoms with Crippen LogP contribution in [0.1, 0.15) is 10.5 Å². The number of nitrogens with zero attached hydrogens (tertiary/aromatic N) is 2. The number of nitrogens with one attached hydrogen (secondary N) is 1. The molecule has 5 heteroatoms. The van der Waals surface area contributed by atoms with Crippen molar-refractivity contribution in [2.75, 3.05) is 7.11 Å². The molecule has 0 spiro atoms. The first-order valence-corrected chi connectivity index (χ1v) is 5.77. The van der Waals surface area contributed by atoms with Crippen molar-refractivity contribution in [2.45, 2.75) is 0 Å². The summed E-state index contributed by atoms with van der Waals surface area (Å²) >= 11 is 0. The third kappa shape index (κ3) is 1.85. The van der Waals surface area contributed by atoms with Crippen LogP contribution < -0.4 is 0 Å². The molecule has 0 atom stereocenters. The Morgan fingerprint density at radius 1 is 1.21 bits per heavy atom. The average Bonchev–Trinajstić information content (AvgIpc) is 2.91. The number of methoxy groups -OCH3 is 1. The highest BCUT2D eigenvalue weighted by atomic mass is 16.5. The largest absolute Gasteiger partial charge is 0.464 e. The van der Waals surface area contributed by atoms with Crippen molar-refractivity contribution in [1.29, 1.82) is 0 Å². The number of fused-ring (bicyclic) bond motifs is 1. The van der Waals surface area contributed by atoms with Crippen LogP contribution in [0.25, 0.3) is 22.2 Å². The zero-order valence-electron chi connectivity index (χ0n) is 10.3. The summed E-state index contributed by atoms with van der Waals surface area (Å²) in [5, 5.41) is 0.897. The van der Waals surface area contributed by atoms with Gasteiger partial charge in [0.05, 0.1) is 18.3 Å². The molecular formula is C14H11N3O2. The number of aromatic nitrogens is 3. The molecular weight excluding hydrogens is 242 g/mol. The number of ether oxygens (including phenoxy) is 1. The number of hydrogen-bond donors (Lipinski definition) is 1. The zero-order valence-corrected chi connectivity index (χ0v) is 10.3. The van der Waals surface area contributed by atoms with E-state index in [1.807, 2.05) is 30.5 Å². The van der Waals surface area contributed by atoms with Crippen molar-refractivity contribution in [3.63, 3.8) is 0 Å². The van der Waals surface area contributed by atoms with E-state index in [0.717, 1.165) is 16.6 Å². The minimum Gasteiger partial charge on any atom is -0.464 e. The standard InChI is InChI=1S/C14H11N3O2/c1-19-14(18)13-12-9(5-7-16-13)10(8-17-12)11-4-2-3-6-15-11/h2-8,17H,1H3. The molecule has 94 valence electrons. The predicted octanol–water partition coefficient (Wildman–Crippen LogP) is 2.41. The SMILES string of the molecule is COC(=O)c1nccc2c(-c3ccccn3)c[nH]c12. The number of aromatic amines is 1. The number of hydrogen-bond acceptors (Lipinski definition) is 4. The van der Waals surface area contributed by atoms with Gasteiger partial charge in [0.2, 0.25) is 0 Å². The van der Waals surface area contributed by atoms with Crippen molar-refractivity contribution in [3.8, 4) is 11.3 Å². The van der Waals surface area contributed by atoms with Gasteiger partial charge in [0.1, 0.15) is 0 Å². The van der Waals surface area contributed by atoms with Crippen molar-refractivity contribution >= 4 is 16.9 Å². The highest BCUT2D eigenvalue weighted by Crippen LogP contribution is 2.28. The van der Waals surface area contributed by atoms with Crippen LogP contribution in [0.15, 0.2) is 42.9 Å². The summed E-state index contributed by atoms with van der Waals surface area (Å²) in [7, 11) is 1.34. The summed E-state index contributed by atoms with van der Waals surface area (Å²) in [4.78, 5) is 23.1. The number of esters is 1. The van der Waals surface area contributed by atoms with E-state index in [1.54, 1.807) is 12.4 Å². The second-order valence-corrected chi connectivity index (χ2v) is 3.99. The molecule has 3 heterocycles. The number of pyridine rings is 2. The van der Waals surface area contributed by atoms with Gasteiger partial charge in [0, 0.05) is 29.5 Å². The van der Waals surface area contributed by atoms with E-state index >= 15 is 0 Å². The lowest BCUT2D eigenvalue weighted by atomic mass is 10.1. The summed E-state index contributed by atoms with van der Waals surface area (Å²) in [5.74, 6) is -0.458. The van der Waals surface area contributed by atoms with E-state index in [4.69, 9.17) is 4.74 Å². The van der Waals surface area contributed by atoms with Gasteiger partial charge in [-0.1, -0.05) is 6.07 Å². The van der Waals surface area contributed by atoms with Gasteiger partial charge in [0.15, 0.2) is 5.69 Å². The maximum absolute atomic E-state index is 11.7. The second kappa shape index (κ2) is 4.53. The molecule has 0 aliphatic rings. The molecule has 0 aliphatic heterocycles. The maximum Gasteiger partial charge on any atom is 0.358 e. The third-order valence-corrected chi connectivity index (χ3v) is 2.92. The van der Waals surface area contributed by atoms with Crippen LogP contribution in [0.3, 0.4) is 0 Å². The molecule has 0 unspecified atom stereocenters. The Bertz CT molecular complexity index is 735. The number of carbonyl (C=O) groups is 1. The van der Waals surface area contributed by atoms with Crippen molar-refractivity contribution in [1.82, 2.24) is 15.0 Å². The zero-order chi connectivity index (χ0) is 13.2. The molecule has 0 radical (unpaired) electrons. The molecule has 0 saturated heterocycles. The molecule has 0 bridgehead atoms. The smallest absolute Gasteiger partial charge is 0.358 e. The molecule has 3 rings (SSSR count). The molecule has 0 aliphatic carbocycles. The van der Waals surface area contributed by atoms with Crippen LogP contribution in [-0.4, -0.2) is 28.0 Å². The van der Waals surface area contributed by atoms with Gasteiger partial charge in [-0.25, -0.2) is 9.78 Å². The maximum atomic E-state index is 11.7. The van der Waals surface area contributed by atoms with E-state index in [9.17, 15) is 4.79 Å². The fraction of sp³-hybridized carbons (Fsp3) is 0.0714. The van der Waals surface area contributed by atoms with E-state index in [0.29, 0.717) is 5.52 Å². The summed E-state index contributed by atoms with van der Waals surface area (Å²) in [6.45, 7) is 0. The van der Waals surface area contributed by atoms with Crippen LogP contribution in [0.2, 0.25) is 0 Å². The molecule has 0 amide bonds. The fourth-order valence-electron chi connectivity index (χ4n) is 2.04. The highest BCUT2D eigenvalue weighted by molar-refractivity contribution is 6.05. The monoisotopic (exact) mass is 253 g/mol. The fourth-order valence-corrected chi connectivity index (χ4v) is 2.04. The first kappa shape index (κ1) is 11.4.